The van der Waals surface area contributed by atoms with Gasteiger partial charge in [0.05, 0.1) is 6.54 Å². The highest BCUT2D eigenvalue weighted by molar-refractivity contribution is 6.30. The molecule has 2 rings (SSSR count). The fourth-order valence-electron chi connectivity index (χ4n) is 1.34. The van der Waals surface area contributed by atoms with Crippen LogP contribution in [0, 0.1) is 0 Å². The zero-order valence-corrected chi connectivity index (χ0v) is 8.94. The van der Waals surface area contributed by atoms with E-state index < -0.39 is 11.2 Å². The summed E-state index contributed by atoms with van der Waals surface area (Å²) in [6.07, 6.45) is 1.06. The van der Waals surface area contributed by atoms with Crippen molar-refractivity contribution in [1.82, 2.24) is 14.8 Å². The second-order valence-corrected chi connectivity index (χ2v) is 3.67. The van der Waals surface area contributed by atoms with Crippen molar-refractivity contribution in [3.63, 3.8) is 0 Å². The molecule has 1 heterocycles. The van der Waals surface area contributed by atoms with Crippen LogP contribution in [-0.2, 0) is 6.54 Å². The number of H-pyrrole nitrogens is 1. The van der Waals surface area contributed by atoms with Crippen LogP contribution in [-0.4, -0.2) is 14.8 Å². The topological polar surface area (TPSA) is 67.8 Å². The molecule has 5 nitrogen and oxygen atoms in total. The molecule has 0 aliphatic heterocycles. The van der Waals surface area contributed by atoms with E-state index in [1.807, 2.05) is 0 Å². The first-order valence-electron chi connectivity index (χ1n) is 4.56. The van der Waals surface area contributed by atoms with Gasteiger partial charge in [-0.2, -0.15) is 5.10 Å². The van der Waals surface area contributed by atoms with Gasteiger partial charge in [0.2, 0.25) is 0 Å². The summed E-state index contributed by atoms with van der Waals surface area (Å²) >= 11 is 5.80. The molecule has 0 bridgehead atoms. The standard InChI is InChI=1S/C10H8ClN3O2/c11-8-3-1-2-7(4-8)6-14-9(15)5-12-13-10(14)16/h1-5H,6H2,(H,13,16). The van der Waals surface area contributed by atoms with Crippen LogP contribution in [0.3, 0.4) is 0 Å². The average molecular weight is 238 g/mol. The predicted molar refractivity (Wildman–Crippen MR) is 59.7 cm³/mol. The van der Waals surface area contributed by atoms with Crippen LogP contribution in [0.25, 0.3) is 0 Å². The molecule has 0 radical (unpaired) electrons. The van der Waals surface area contributed by atoms with Crippen molar-refractivity contribution >= 4 is 11.6 Å². The van der Waals surface area contributed by atoms with Crippen molar-refractivity contribution in [3.05, 3.63) is 61.9 Å². The monoisotopic (exact) mass is 237 g/mol. The van der Waals surface area contributed by atoms with E-state index in [-0.39, 0.29) is 6.54 Å². The molecule has 0 aliphatic rings. The predicted octanol–water partition coefficient (Wildman–Crippen LogP) is 0.633. The Morgan fingerprint density at radius 1 is 1.38 bits per heavy atom. The number of hydrogen-bond donors (Lipinski definition) is 1. The van der Waals surface area contributed by atoms with Crippen molar-refractivity contribution in [3.8, 4) is 0 Å². The number of aromatic nitrogens is 3. The Morgan fingerprint density at radius 3 is 2.88 bits per heavy atom. The number of aromatic amines is 1. The second-order valence-electron chi connectivity index (χ2n) is 3.23. The average Bonchev–Trinajstić information content (AvgIpc) is 2.24. The molecule has 0 atom stereocenters. The van der Waals surface area contributed by atoms with Crippen molar-refractivity contribution in [2.45, 2.75) is 6.54 Å². The van der Waals surface area contributed by atoms with E-state index in [9.17, 15) is 9.59 Å². The first-order chi connectivity index (χ1) is 7.66. The maximum Gasteiger partial charge on any atom is 0.345 e. The van der Waals surface area contributed by atoms with E-state index in [4.69, 9.17) is 11.6 Å². The lowest BCUT2D eigenvalue weighted by Gasteiger charge is -2.03. The third-order valence-corrected chi connectivity index (χ3v) is 2.31. The third kappa shape index (κ3) is 2.20. The lowest BCUT2D eigenvalue weighted by molar-refractivity contribution is 0.667. The first-order valence-corrected chi connectivity index (χ1v) is 4.93. The minimum absolute atomic E-state index is 0.178. The van der Waals surface area contributed by atoms with Crippen LogP contribution >= 0.6 is 11.6 Å². The molecule has 1 aromatic carbocycles. The number of nitrogens with one attached hydrogen (secondary N) is 1. The van der Waals surface area contributed by atoms with Gasteiger partial charge in [0, 0.05) is 5.02 Å². The van der Waals surface area contributed by atoms with E-state index >= 15 is 0 Å². The Kier molecular flexibility index (Phi) is 2.87. The van der Waals surface area contributed by atoms with Gasteiger partial charge < -0.3 is 0 Å². The zero-order chi connectivity index (χ0) is 11.5. The van der Waals surface area contributed by atoms with E-state index in [2.05, 4.69) is 10.2 Å². The van der Waals surface area contributed by atoms with E-state index in [1.54, 1.807) is 24.3 Å². The molecule has 0 spiro atoms. The summed E-state index contributed by atoms with van der Waals surface area (Å²) in [6, 6.07) is 6.98. The lowest BCUT2D eigenvalue weighted by atomic mass is 10.2. The van der Waals surface area contributed by atoms with Gasteiger partial charge in [-0.1, -0.05) is 23.7 Å². The minimum atomic E-state index is -0.535. The molecule has 2 aromatic rings. The molecule has 0 amide bonds. The van der Waals surface area contributed by atoms with Gasteiger partial charge in [-0.05, 0) is 17.7 Å². The Balaban J connectivity index is 2.42. The maximum atomic E-state index is 11.4. The fraction of sp³-hybridized carbons (Fsp3) is 0.100. The summed E-state index contributed by atoms with van der Waals surface area (Å²) < 4.78 is 1.05. The molecule has 0 saturated heterocycles. The Labute approximate surface area is 95.3 Å². The Bertz CT molecular complexity index is 589. The summed E-state index contributed by atoms with van der Waals surface area (Å²) in [6.45, 7) is 0.178. The molecule has 1 aromatic heterocycles. The molecule has 0 saturated carbocycles. The number of halogens is 1. The second kappa shape index (κ2) is 4.32. The summed E-state index contributed by atoms with van der Waals surface area (Å²) in [5, 5.41) is 6.17. The molecule has 6 heteroatoms. The first kappa shape index (κ1) is 10.6. The van der Waals surface area contributed by atoms with Crippen molar-refractivity contribution < 1.29 is 0 Å². The minimum Gasteiger partial charge on any atom is -0.267 e. The Hall–Kier alpha value is -1.88. The van der Waals surface area contributed by atoms with Crippen LogP contribution in [0.1, 0.15) is 5.56 Å². The van der Waals surface area contributed by atoms with Crippen LogP contribution in [0.2, 0.25) is 5.02 Å². The van der Waals surface area contributed by atoms with Gasteiger partial charge in [-0.15, -0.1) is 0 Å². The summed E-state index contributed by atoms with van der Waals surface area (Å²) in [5.41, 5.74) is -0.192. The van der Waals surface area contributed by atoms with Gasteiger partial charge in [0.1, 0.15) is 6.20 Å². The van der Waals surface area contributed by atoms with Crippen LogP contribution in [0.15, 0.2) is 40.1 Å². The van der Waals surface area contributed by atoms with Gasteiger partial charge >= 0.3 is 5.69 Å². The van der Waals surface area contributed by atoms with Gasteiger partial charge in [0.15, 0.2) is 0 Å². The van der Waals surface area contributed by atoms with E-state index in [0.717, 1.165) is 16.3 Å². The largest absolute Gasteiger partial charge is 0.345 e. The zero-order valence-electron chi connectivity index (χ0n) is 8.18. The lowest BCUT2D eigenvalue weighted by Crippen LogP contribution is -2.35. The normalized spacial score (nSPS) is 10.3. The highest BCUT2D eigenvalue weighted by Crippen LogP contribution is 2.10. The van der Waals surface area contributed by atoms with E-state index in [1.165, 1.54) is 0 Å². The number of benzene rings is 1. The van der Waals surface area contributed by atoms with Gasteiger partial charge in [-0.25, -0.2) is 9.89 Å². The molecule has 0 fully saturated rings. The SMILES string of the molecule is O=c1cn[nH]c(=O)n1Cc1cccc(Cl)c1. The Morgan fingerprint density at radius 2 is 2.19 bits per heavy atom. The van der Waals surface area contributed by atoms with Gasteiger partial charge in [0.25, 0.3) is 5.56 Å². The molecular weight excluding hydrogens is 230 g/mol. The molecule has 82 valence electrons. The van der Waals surface area contributed by atoms with Crippen molar-refractivity contribution in [1.29, 1.82) is 0 Å². The summed E-state index contributed by atoms with van der Waals surface area (Å²) in [4.78, 5) is 22.7. The maximum absolute atomic E-state index is 11.4. The molecule has 0 unspecified atom stereocenters. The van der Waals surface area contributed by atoms with Gasteiger partial charge in [-0.3, -0.25) is 9.36 Å². The smallest absolute Gasteiger partial charge is 0.267 e. The molecule has 1 N–H and O–H groups in total. The fourth-order valence-corrected chi connectivity index (χ4v) is 1.55. The number of rotatable bonds is 2. The number of nitrogens with zero attached hydrogens (tertiary/aromatic N) is 2. The molecular formula is C10H8ClN3O2. The highest BCUT2D eigenvalue weighted by atomic mass is 35.5. The van der Waals surface area contributed by atoms with Crippen LogP contribution in [0.4, 0.5) is 0 Å². The quantitative estimate of drug-likeness (QED) is 0.833. The molecule has 0 aliphatic carbocycles. The number of hydrogen-bond acceptors (Lipinski definition) is 3. The summed E-state index contributed by atoms with van der Waals surface area (Å²) in [7, 11) is 0. The van der Waals surface area contributed by atoms with Crippen molar-refractivity contribution in [2.24, 2.45) is 0 Å². The van der Waals surface area contributed by atoms with Crippen molar-refractivity contribution in [2.75, 3.05) is 0 Å². The van der Waals surface area contributed by atoms with Crippen LogP contribution in [0.5, 0.6) is 0 Å². The summed E-state index contributed by atoms with van der Waals surface area (Å²) in [5.74, 6) is 0. The third-order valence-electron chi connectivity index (χ3n) is 2.08. The van der Waals surface area contributed by atoms with E-state index in [0.29, 0.717) is 5.02 Å². The van der Waals surface area contributed by atoms with Crippen LogP contribution < -0.4 is 11.2 Å². The highest BCUT2D eigenvalue weighted by Gasteiger charge is 2.02. The molecule has 16 heavy (non-hydrogen) atoms.